The number of allylic oxidation sites excluding steroid dienone is 1. The molecule has 0 bridgehead atoms. The van der Waals surface area contributed by atoms with E-state index in [1.807, 2.05) is 26.8 Å². The fourth-order valence-corrected chi connectivity index (χ4v) is 1.47. The van der Waals surface area contributed by atoms with E-state index in [1.54, 1.807) is 0 Å². The summed E-state index contributed by atoms with van der Waals surface area (Å²) in [5.41, 5.74) is 6.46. The van der Waals surface area contributed by atoms with Crippen LogP contribution in [0, 0.1) is 5.41 Å². The zero-order valence-corrected chi connectivity index (χ0v) is 9.67. The predicted octanol–water partition coefficient (Wildman–Crippen LogP) is 0.433. The van der Waals surface area contributed by atoms with Gasteiger partial charge in [-0.15, -0.1) is 0 Å². The number of amides is 1. The van der Waals surface area contributed by atoms with E-state index < -0.39 is 5.41 Å². The molecule has 0 radical (unpaired) electrons. The lowest BCUT2D eigenvalue weighted by Crippen LogP contribution is -2.49. The molecule has 86 valence electrons. The molecule has 0 spiro atoms. The molecule has 2 atom stereocenters. The van der Waals surface area contributed by atoms with E-state index >= 15 is 0 Å². The van der Waals surface area contributed by atoms with Crippen LogP contribution >= 0.6 is 0 Å². The molecule has 2 unspecified atom stereocenters. The van der Waals surface area contributed by atoms with Crippen molar-refractivity contribution >= 4 is 5.91 Å². The molecule has 4 heteroatoms. The first kappa shape index (κ1) is 12.2. The Labute approximate surface area is 90.9 Å². The second-order valence-corrected chi connectivity index (χ2v) is 4.53. The molecule has 0 saturated carbocycles. The van der Waals surface area contributed by atoms with Crippen LogP contribution in [0.4, 0.5) is 0 Å². The van der Waals surface area contributed by atoms with Crippen LogP contribution < -0.4 is 11.1 Å². The quantitative estimate of drug-likeness (QED) is 0.667. The highest BCUT2D eigenvalue weighted by atomic mass is 16.5. The molecule has 0 aromatic carbocycles. The topological polar surface area (TPSA) is 64.3 Å². The second kappa shape index (κ2) is 4.77. The molecule has 0 aromatic heterocycles. The van der Waals surface area contributed by atoms with Crippen molar-refractivity contribution in [3.8, 4) is 0 Å². The molecule has 0 aliphatic carbocycles. The van der Waals surface area contributed by atoms with Gasteiger partial charge in [0.05, 0.1) is 18.6 Å². The highest BCUT2D eigenvalue weighted by molar-refractivity contribution is 5.83. The molecular formula is C11H20N2O2. The summed E-state index contributed by atoms with van der Waals surface area (Å²) < 4.78 is 5.22. The summed E-state index contributed by atoms with van der Waals surface area (Å²) in [6, 6.07) is -0.204. The van der Waals surface area contributed by atoms with Gasteiger partial charge in [0, 0.05) is 12.6 Å². The largest absolute Gasteiger partial charge is 0.379 e. The minimum Gasteiger partial charge on any atom is -0.379 e. The Morgan fingerprint density at radius 2 is 2.33 bits per heavy atom. The van der Waals surface area contributed by atoms with E-state index in [1.165, 1.54) is 5.57 Å². The molecule has 1 aliphatic heterocycles. The van der Waals surface area contributed by atoms with Gasteiger partial charge in [-0.3, -0.25) is 4.79 Å². The highest BCUT2D eigenvalue weighted by Gasteiger charge is 2.43. The van der Waals surface area contributed by atoms with Gasteiger partial charge < -0.3 is 15.8 Å². The third kappa shape index (κ3) is 2.79. The van der Waals surface area contributed by atoms with Crippen LogP contribution in [0.25, 0.3) is 0 Å². The first-order chi connectivity index (χ1) is 6.97. The van der Waals surface area contributed by atoms with E-state index in [-0.39, 0.29) is 11.9 Å². The van der Waals surface area contributed by atoms with Gasteiger partial charge in [-0.2, -0.15) is 0 Å². The smallest absolute Gasteiger partial charge is 0.230 e. The van der Waals surface area contributed by atoms with Crippen molar-refractivity contribution in [1.82, 2.24) is 5.32 Å². The Morgan fingerprint density at radius 3 is 2.80 bits per heavy atom. The Balaban J connectivity index is 2.49. The molecule has 1 rings (SSSR count). The average molecular weight is 212 g/mol. The fraction of sp³-hybridized carbons (Fsp3) is 0.727. The van der Waals surface area contributed by atoms with Crippen molar-refractivity contribution in [2.24, 2.45) is 11.1 Å². The number of nitrogens with two attached hydrogens (primary N) is 1. The molecule has 3 N–H and O–H groups in total. The van der Waals surface area contributed by atoms with Gasteiger partial charge in [0.15, 0.2) is 0 Å². The molecule has 4 nitrogen and oxygen atoms in total. The van der Waals surface area contributed by atoms with E-state index in [9.17, 15) is 4.79 Å². The van der Waals surface area contributed by atoms with Crippen LogP contribution in [0.1, 0.15) is 20.8 Å². The Hall–Kier alpha value is -0.870. The first-order valence-corrected chi connectivity index (χ1v) is 5.22. The van der Waals surface area contributed by atoms with Gasteiger partial charge in [0.25, 0.3) is 0 Å². The van der Waals surface area contributed by atoms with Gasteiger partial charge >= 0.3 is 0 Å². The summed E-state index contributed by atoms with van der Waals surface area (Å²) in [6.07, 6.45) is 1.97. The van der Waals surface area contributed by atoms with Crippen molar-refractivity contribution in [1.29, 1.82) is 0 Å². The molecule has 15 heavy (non-hydrogen) atoms. The minimum atomic E-state index is -0.574. The minimum absolute atomic E-state index is 0.0231. The molecule has 1 amide bonds. The monoisotopic (exact) mass is 212 g/mol. The lowest BCUT2D eigenvalue weighted by atomic mass is 9.85. The maximum atomic E-state index is 11.9. The zero-order chi connectivity index (χ0) is 11.5. The molecule has 1 saturated heterocycles. The van der Waals surface area contributed by atoms with Crippen molar-refractivity contribution < 1.29 is 9.53 Å². The van der Waals surface area contributed by atoms with Crippen molar-refractivity contribution in [2.75, 3.05) is 19.8 Å². The number of hydrogen-bond donors (Lipinski definition) is 2. The summed E-state index contributed by atoms with van der Waals surface area (Å²) in [5, 5.41) is 2.85. The average Bonchev–Trinajstić information content (AvgIpc) is 2.47. The van der Waals surface area contributed by atoms with Crippen LogP contribution in [-0.2, 0) is 9.53 Å². The van der Waals surface area contributed by atoms with Gasteiger partial charge in [-0.1, -0.05) is 11.6 Å². The lowest BCUT2D eigenvalue weighted by Gasteiger charge is -2.25. The molecule has 1 fully saturated rings. The fourth-order valence-electron chi connectivity index (χ4n) is 1.47. The Morgan fingerprint density at radius 1 is 1.67 bits per heavy atom. The number of carbonyl (C=O) groups excluding carboxylic acids is 1. The second-order valence-electron chi connectivity index (χ2n) is 4.53. The molecular weight excluding hydrogens is 192 g/mol. The number of nitrogens with one attached hydrogen (secondary N) is 1. The first-order valence-electron chi connectivity index (χ1n) is 5.22. The predicted molar refractivity (Wildman–Crippen MR) is 59.3 cm³/mol. The van der Waals surface area contributed by atoms with Crippen molar-refractivity contribution in [2.45, 2.75) is 26.8 Å². The van der Waals surface area contributed by atoms with Crippen molar-refractivity contribution in [3.05, 3.63) is 11.6 Å². The summed E-state index contributed by atoms with van der Waals surface area (Å²) in [4.78, 5) is 11.9. The zero-order valence-electron chi connectivity index (χ0n) is 9.67. The molecule has 1 aliphatic rings. The Bertz CT molecular complexity index is 272. The van der Waals surface area contributed by atoms with E-state index in [4.69, 9.17) is 10.5 Å². The number of carbonyl (C=O) groups is 1. The van der Waals surface area contributed by atoms with Gasteiger partial charge in [-0.25, -0.2) is 0 Å². The standard InChI is InChI=1S/C11H20N2O2/c1-8(2)4-5-13-10(14)11(3)7-15-6-9(11)12/h4,9H,5-7,12H2,1-3H3,(H,13,14). The van der Waals surface area contributed by atoms with Crippen LogP contribution in [0.2, 0.25) is 0 Å². The number of hydrogen-bond acceptors (Lipinski definition) is 3. The lowest BCUT2D eigenvalue weighted by molar-refractivity contribution is -0.130. The summed E-state index contributed by atoms with van der Waals surface area (Å²) in [7, 11) is 0. The van der Waals surface area contributed by atoms with E-state index in [0.717, 1.165) is 0 Å². The van der Waals surface area contributed by atoms with E-state index in [2.05, 4.69) is 5.32 Å². The molecule has 0 aromatic rings. The third-order valence-corrected chi connectivity index (χ3v) is 2.81. The van der Waals surface area contributed by atoms with E-state index in [0.29, 0.717) is 19.8 Å². The van der Waals surface area contributed by atoms with Crippen LogP contribution in [-0.4, -0.2) is 31.7 Å². The Kier molecular flexibility index (Phi) is 3.88. The van der Waals surface area contributed by atoms with Crippen molar-refractivity contribution in [3.63, 3.8) is 0 Å². The summed E-state index contributed by atoms with van der Waals surface area (Å²) in [6.45, 7) is 7.28. The number of rotatable bonds is 3. The normalized spacial score (nSPS) is 30.0. The SMILES string of the molecule is CC(C)=CCNC(=O)C1(C)COCC1N. The van der Waals surface area contributed by atoms with Gasteiger partial charge in [0.2, 0.25) is 5.91 Å². The maximum Gasteiger partial charge on any atom is 0.230 e. The van der Waals surface area contributed by atoms with Crippen LogP contribution in [0.3, 0.4) is 0 Å². The van der Waals surface area contributed by atoms with Crippen LogP contribution in [0.15, 0.2) is 11.6 Å². The number of ether oxygens (including phenoxy) is 1. The van der Waals surface area contributed by atoms with Gasteiger partial charge in [-0.05, 0) is 20.8 Å². The summed E-state index contributed by atoms with van der Waals surface area (Å²) >= 11 is 0. The highest BCUT2D eigenvalue weighted by Crippen LogP contribution is 2.26. The maximum absolute atomic E-state index is 11.9. The summed E-state index contributed by atoms with van der Waals surface area (Å²) in [5.74, 6) is -0.0231. The van der Waals surface area contributed by atoms with Gasteiger partial charge in [0.1, 0.15) is 0 Å². The molecule has 1 heterocycles. The third-order valence-electron chi connectivity index (χ3n) is 2.81. The van der Waals surface area contributed by atoms with Crippen LogP contribution in [0.5, 0.6) is 0 Å².